The van der Waals surface area contributed by atoms with Crippen LogP contribution in [0, 0.1) is 0 Å². The van der Waals surface area contributed by atoms with E-state index in [4.69, 9.17) is 5.11 Å². The lowest BCUT2D eigenvalue weighted by atomic mass is 10.4. The molecule has 0 radical (unpaired) electrons. The molecular weight excluding hydrogens is 220 g/mol. The van der Waals surface area contributed by atoms with Gasteiger partial charge in [-0.05, 0) is 18.6 Å². The number of nitrogens with zero attached hydrogens (tertiary/aromatic N) is 4. The molecule has 0 aromatic carbocycles. The van der Waals surface area contributed by atoms with Crippen molar-refractivity contribution >= 4 is 17.4 Å². The molecule has 0 unspecified atom stereocenters. The van der Waals surface area contributed by atoms with E-state index in [-0.39, 0.29) is 5.69 Å². The molecular formula is C11H14N4O2. The zero-order valence-electron chi connectivity index (χ0n) is 9.79. The molecule has 2 rings (SSSR count). The normalized spacial score (nSPS) is 10.7. The Kier molecular flexibility index (Phi) is 2.95. The molecule has 6 heteroatoms. The summed E-state index contributed by atoms with van der Waals surface area (Å²) in [6.07, 6.45) is 2.45. The lowest BCUT2D eigenvalue weighted by Gasteiger charge is -2.16. The minimum atomic E-state index is -1.04. The maximum Gasteiger partial charge on any atom is 0.356 e. The number of imidazole rings is 1. The van der Waals surface area contributed by atoms with E-state index < -0.39 is 5.97 Å². The number of anilines is 1. The van der Waals surface area contributed by atoms with Crippen LogP contribution in [0.1, 0.15) is 23.8 Å². The number of aromatic carboxylic acids is 1. The zero-order chi connectivity index (χ0) is 12.4. The molecule has 0 aliphatic heterocycles. The molecule has 2 heterocycles. The highest BCUT2D eigenvalue weighted by Crippen LogP contribution is 2.11. The predicted molar refractivity (Wildman–Crippen MR) is 63.5 cm³/mol. The fraction of sp³-hybridized carbons (Fsp3) is 0.364. The topological polar surface area (TPSA) is 70.7 Å². The van der Waals surface area contributed by atoms with Crippen LogP contribution in [0.15, 0.2) is 18.3 Å². The summed E-state index contributed by atoms with van der Waals surface area (Å²) in [5.74, 6) is -0.243. The van der Waals surface area contributed by atoms with Gasteiger partial charge in [0, 0.05) is 13.6 Å². The van der Waals surface area contributed by atoms with Crippen LogP contribution in [0.5, 0.6) is 0 Å². The molecule has 2 aromatic rings. The van der Waals surface area contributed by atoms with Crippen molar-refractivity contribution < 1.29 is 9.90 Å². The number of carboxylic acids is 1. The minimum Gasteiger partial charge on any atom is -0.476 e. The van der Waals surface area contributed by atoms with E-state index in [2.05, 4.69) is 17.0 Å². The molecule has 0 bridgehead atoms. The molecule has 1 N–H and O–H groups in total. The van der Waals surface area contributed by atoms with Crippen molar-refractivity contribution in [2.24, 2.45) is 0 Å². The van der Waals surface area contributed by atoms with Crippen LogP contribution in [0.2, 0.25) is 0 Å². The fourth-order valence-electron chi connectivity index (χ4n) is 1.63. The molecule has 17 heavy (non-hydrogen) atoms. The predicted octanol–water partition coefficient (Wildman–Crippen LogP) is 1.27. The van der Waals surface area contributed by atoms with Crippen LogP contribution < -0.4 is 4.90 Å². The van der Waals surface area contributed by atoms with E-state index in [0.29, 0.717) is 5.65 Å². The van der Waals surface area contributed by atoms with Crippen molar-refractivity contribution in [3.8, 4) is 0 Å². The Bertz CT molecular complexity index is 549. The van der Waals surface area contributed by atoms with Gasteiger partial charge in [-0.15, -0.1) is 5.10 Å². The molecule has 0 fully saturated rings. The zero-order valence-corrected chi connectivity index (χ0v) is 9.79. The van der Waals surface area contributed by atoms with Crippen molar-refractivity contribution in [1.82, 2.24) is 14.6 Å². The standard InChI is InChI=1S/C11H14N4O2/c1-3-6-14(2)10-5-4-9-12-8(11(16)17)7-15(9)13-10/h4-5,7H,3,6H2,1-2H3,(H,16,17). The lowest BCUT2D eigenvalue weighted by Crippen LogP contribution is -2.19. The third-order valence-corrected chi connectivity index (χ3v) is 2.48. The third-order valence-electron chi connectivity index (χ3n) is 2.48. The van der Waals surface area contributed by atoms with E-state index >= 15 is 0 Å². The first kappa shape index (κ1) is 11.4. The van der Waals surface area contributed by atoms with Gasteiger partial charge in [-0.25, -0.2) is 14.3 Å². The minimum absolute atomic E-state index is 0.00722. The van der Waals surface area contributed by atoms with E-state index in [9.17, 15) is 4.79 Å². The summed E-state index contributed by atoms with van der Waals surface area (Å²) in [4.78, 5) is 16.7. The SMILES string of the molecule is CCCN(C)c1ccc2nc(C(=O)O)cn2n1. The summed E-state index contributed by atoms with van der Waals surface area (Å²) in [7, 11) is 1.95. The summed E-state index contributed by atoms with van der Waals surface area (Å²) in [6.45, 7) is 2.99. The Hall–Kier alpha value is -2.11. The number of rotatable bonds is 4. The molecule has 0 aliphatic carbocycles. The molecule has 6 nitrogen and oxygen atoms in total. The van der Waals surface area contributed by atoms with E-state index in [1.54, 1.807) is 6.07 Å². The second kappa shape index (κ2) is 4.40. The third kappa shape index (κ3) is 2.20. The van der Waals surface area contributed by atoms with Gasteiger partial charge in [-0.2, -0.15) is 0 Å². The summed E-state index contributed by atoms with van der Waals surface area (Å²) < 4.78 is 1.49. The molecule has 90 valence electrons. The van der Waals surface area contributed by atoms with E-state index in [1.165, 1.54) is 10.7 Å². The maximum atomic E-state index is 10.8. The highest BCUT2D eigenvalue weighted by atomic mass is 16.4. The van der Waals surface area contributed by atoms with Crippen LogP contribution in [0.4, 0.5) is 5.82 Å². The average Bonchev–Trinajstić information content (AvgIpc) is 2.71. The van der Waals surface area contributed by atoms with Crippen LogP contribution in [0.3, 0.4) is 0 Å². The van der Waals surface area contributed by atoms with Crippen molar-refractivity contribution in [2.75, 3.05) is 18.5 Å². The molecule has 0 saturated carbocycles. The number of carbonyl (C=O) groups is 1. The molecule has 0 amide bonds. The lowest BCUT2D eigenvalue weighted by molar-refractivity contribution is 0.0691. The maximum absolute atomic E-state index is 10.8. The largest absolute Gasteiger partial charge is 0.476 e. The van der Waals surface area contributed by atoms with Crippen LogP contribution in [-0.4, -0.2) is 39.3 Å². The Labute approximate surface area is 98.5 Å². The Morgan fingerprint density at radius 3 is 2.94 bits per heavy atom. The molecule has 2 aromatic heterocycles. The van der Waals surface area contributed by atoms with Gasteiger partial charge in [0.25, 0.3) is 0 Å². The summed E-state index contributed by atoms with van der Waals surface area (Å²) in [6, 6.07) is 3.60. The van der Waals surface area contributed by atoms with Crippen molar-refractivity contribution in [3.05, 3.63) is 24.0 Å². The molecule has 0 atom stereocenters. The second-order valence-electron chi connectivity index (χ2n) is 3.85. The van der Waals surface area contributed by atoms with Crippen molar-refractivity contribution in [3.63, 3.8) is 0 Å². The Balaban J connectivity index is 2.39. The second-order valence-corrected chi connectivity index (χ2v) is 3.85. The van der Waals surface area contributed by atoms with Crippen LogP contribution in [0.25, 0.3) is 5.65 Å². The molecule has 0 aliphatic rings. The van der Waals surface area contributed by atoms with Gasteiger partial charge >= 0.3 is 5.97 Å². The van der Waals surface area contributed by atoms with E-state index in [1.807, 2.05) is 18.0 Å². The van der Waals surface area contributed by atoms with Crippen LogP contribution >= 0.6 is 0 Å². The fourth-order valence-corrected chi connectivity index (χ4v) is 1.63. The first-order chi connectivity index (χ1) is 8.11. The van der Waals surface area contributed by atoms with E-state index in [0.717, 1.165) is 18.8 Å². The summed E-state index contributed by atoms with van der Waals surface area (Å²) in [5, 5.41) is 13.1. The monoisotopic (exact) mass is 234 g/mol. The number of aromatic nitrogens is 3. The van der Waals surface area contributed by atoms with Gasteiger partial charge in [-0.1, -0.05) is 6.92 Å². The summed E-state index contributed by atoms with van der Waals surface area (Å²) >= 11 is 0. The smallest absolute Gasteiger partial charge is 0.356 e. The van der Waals surface area contributed by atoms with Gasteiger partial charge in [0.2, 0.25) is 0 Å². The number of fused-ring (bicyclic) bond motifs is 1. The first-order valence-corrected chi connectivity index (χ1v) is 5.42. The molecule has 0 saturated heterocycles. The Morgan fingerprint density at radius 1 is 1.53 bits per heavy atom. The number of hydrogen-bond acceptors (Lipinski definition) is 4. The highest BCUT2D eigenvalue weighted by molar-refractivity contribution is 5.86. The first-order valence-electron chi connectivity index (χ1n) is 5.42. The van der Waals surface area contributed by atoms with Gasteiger partial charge < -0.3 is 10.0 Å². The van der Waals surface area contributed by atoms with Crippen molar-refractivity contribution in [1.29, 1.82) is 0 Å². The number of carboxylic acid groups (broad SMARTS) is 1. The molecule has 0 spiro atoms. The average molecular weight is 234 g/mol. The van der Waals surface area contributed by atoms with Crippen LogP contribution in [-0.2, 0) is 0 Å². The van der Waals surface area contributed by atoms with Gasteiger partial charge in [0.1, 0.15) is 5.82 Å². The summed E-state index contributed by atoms with van der Waals surface area (Å²) in [5.41, 5.74) is 0.545. The van der Waals surface area contributed by atoms with Gasteiger partial charge in [0.05, 0.1) is 6.20 Å². The highest BCUT2D eigenvalue weighted by Gasteiger charge is 2.10. The Morgan fingerprint density at radius 2 is 2.29 bits per heavy atom. The van der Waals surface area contributed by atoms with Gasteiger partial charge in [-0.3, -0.25) is 0 Å². The van der Waals surface area contributed by atoms with Gasteiger partial charge in [0.15, 0.2) is 11.3 Å². The van der Waals surface area contributed by atoms with Crippen molar-refractivity contribution in [2.45, 2.75) is 13.3 Å². The quantitative estimate of drug-likeness (QED) is 0.862. The number of hydrogen-bond donors (Lipinski definition) is 1.